The van der Waals surface area contributed by atoms with Crippen LogP contribution in [0, 0.1) is 6.92 Å². The summed E-state index contributed by atoms with van der Waals surface area (Å²) >= 11 is 0. The standard InChI is InChI=1S/C18H24N6O/c1-14-5-4-6-15(11-14)23-18(25)20-8-7-19-16-12-17(22-13-21-16)24-9-2-3-10-24/h4-6,11-13H,2-3,7-10H2,1H3,(H,19,21,22)(H2,20,23,25). The number of rotatable bonds is 6. The van der Waals surface area contributed by atoms with E-state index in [2.05, 4.69) is 30.8 Å². The minimum atomic E-state index is -0.215. The minimum Gasteiger partial charge on any atom is -0.368 e. The highest BCUT2D eigenvalue weighted by atomic mass is 16.2. The number of benzene rings is 1. The molecule has 0 radical (unpaired) electrons. The molecular formula is C18H24N6O. The van der Waals surface area contributed by atoms with Gasteiger partial charge in [-0.25, -0.2) is 14.8 Å². The van der Waals surface area contributed by atoms with Gasteiger partial charge in [0.05, 0.1) is 0 Å². The Labute approximate surface area is 147 Å². The normalized spacial score (nSPS) is 13.6. The van der Waals surface area contributed by atoms with Crippen molar-refractivity contribution in [2.45, 2.75) is 19.8 Å². The first-order valence-electron chi connectivity index (χ1n) is 8.63. The molecule has 0 spiro atoms. The van der Waals surface area contributed by atoms with Crippen LogP contribution in [0.25, 0.3) is 0 Å². The third-order valence-electron chi connectivity index (χ3n) is 4.08. The highest BCUT2D eigenvalue weighted by Gasteiger charge is 2.13. The summed E-state index contributed by atoms with van der Waals surface area (Å²) in [7, 11) is 0. The Morgan fingerprint density at radius 1 is 1.16 bits per heavy atom. The van der Waals surface area contributed by atoms with Crippen LogP contribution in [0.1, 0.15) is 18.4 Å². The van der Waals surface area contributed by atoms with E-state index < -0.39 is 0 Å². The number of aromatic nitrogens is 2. The van der Waals surface area contributed by atoms with Gasteiger partial charge in [0.25, 0.3) is 0 Å². The number of hydrogen-bond donors (Lipinski definition) is 3. The fraction of sp³-hybridized carbons (Fsp3) is 0.389. The lowest BCUT2D eigenvalue weighted by molar-refractivity contribution is 0.252. The Bertz CT molecular complexity index is 714. The van der Waals surface area contributed by atoms with Crippen molar-refractivity contribution in [3.8, 4) is 0 Å². The Morgan fingerprint density at radius 3 is 2.80 bits per heavy atom. The Balaban J connectivity index is 1.41. The second kappa shape index (κ2) is 8.32. The van der Waals surface area contributed by atoms with Crippen molar-refractivity contribution in [1.82, 2.24) is 15.3 Å². The molecule has 1 aromatic heterocycles. The van der Waals surface area contributed by atoms with E-state index in [9.17, 15) is 4.79 Å². The Kier molecular flexibility index (Phi) is 5.66. The van der Waals surface area contributed by atoms with Crippen LogP contribution >= 0.6 is 0 Å². The van der Waals surface area contributed by atoms with E-state index in [0.717, 1.165) is 36.0 Å². The number of carbonyl (C=O) groups is 1. The van der Waals surface area contributed by atoms with Gasteiger partial charge < -0.3 is 20.9 Å². The van der Waals surface area contributed by atoms with E-state index in [1.807, 2.05) is 37.3 Å². The largest absolute Gasteiger partial charge is 0.368 e. The summed E-state index contributed by atoms with van der Waals surface area (Å²) in [5, 5.41) is 8.86. The fourth-order valence-electron chi connectivity index (χ4n) is 2.83. The van der Waals surface area contributed by atoms with Crippen molar-refractivity contribution in [2.75, 3.05) is 41.7 Å². The molecule has 1 aliphatic heterocycles. The first-order chi connectivity index (χ1) is 12.2. The van der Waals surface area contributed by atoms with Crippen molar-refractivity contribution in [2.24, 2.45) is 0 Å². The summed E-state index contributed by atoms with van der Waals surface area (Å²) in [5.41, 5.74) is 1.90. The molecule has 1 fully saturated rings. The van der Waals surface area contributed by atoms with Crippen molar-refractivity contribution in [3.63, 3.8) is 0 Å². The van der Waals surface area contributed by atoms with Crippen molar-refractivity contribution in [1.29, 1.82) is 0 Å². The molecule has 3 rings (SSSR count). The van der Waals surface area contributed by atoms with Gasteiger partial charge in [0.2, 0.25) is 0 Å². The lowest BCUT2D eigenvalue weighted by Gasteiger charge is -2.16. The van der Waals surface area contributed by atoms with E-state index in [0.29, 0.717) is 13.1 Å². The zero-order valence-corrected chi connectivity index (χ0v) is 14.5. The van der Waals surface area contributed by atoms with Gasteiger partial charge in [-0.2, -0.15) is 0 Å². The molecule has 25 heavy (non-hydrogen) atoms. The van der Waals surface area contributed by atoms with Gasteiger partial charge in [0.15, 0.2) is 0 Å². The summed E-state index contributed by atoms with van der Waals surface area (Å²) in [4.78, 5) is 22.7. The summed E-state index contributed by atoms with van der Waals surface area (Å²) in [5.74, 6) is 1.73. The number of urea groups is 1. The zero-order chi connectivity index (χ0) is 17.5. The topological polar surface area (TPSA) is 82.2 Å². The maximum atomic E-state index is 11.9. The first kappa shape index (κ1) is 17.0. The Hall–Kier alpha value is -2.83. The van der Waals surface area contributed by atoms with E-state index in [-0.39, 0.29) is 6.03 Å². The van der Waals surface area contributed by atoms with Gasteiger partial charge in [-0.1, -0.05) is 12.1 Å². The molecule has 0 unspecified atom stereocenters. The van der Waals surface area contributed by atoms with Crippen LogP contribution in [0.3, 0.4) is 0 Å². The van der Waals surface area contributed by atoms with Gasteiger partial charge in [-0.15, -0.1) is 0 Å². The average Bonchev–Trinajstić information content (AvgIpc) is 3.14. The van der Waals surface area contributed by atoms with Crippen LogP contribution in [0.2, 0.25) is 0 Å². The molecule has 2 aromatic rings. The maximum absolute atomic E-state index is 11.9. The second-order valence-electron chi connectivity index (χ2n) is 6.13. The number of nitrogens with one attached hydrogen (secondary N) is 3. The first-order valence-corrected chi connectivity index (χ1v) is 8.63. The van der Waals surface area contributed by atoms with E-state index in [4.69, 9.17) is 0 Å². The molecule has 2 heterocycles. The number of anilines is 3. The van der Waals surface area contributed by atoms with Crippen LogP contribution in [-0.4, -0.2) is 42.2 Å². The van der Waals surface area contributed by atoms with Gasteiger partial charge in [0, 0.05) is 37.9 Å². The quantitative estimate of drug-likeness (QED) is 0.704. The summed E-state index contributed by atoms with van der Waals surface area (Å²) < 4.78 is 0. The van der Waals surface area contributed by atoms with Crippen molar-refractivity contribution >= 4 is 23.4 Å². The second-order valence-corrected chi connectivity index (χ2v) is 6.13. The number of carbonyl (C=O) groups excluding carboxylic acids is 1. The zero-order valence-electron chi connectivity index (χ0n) is 14.5. The SMILES string of the molecule is Cc1cccc(NC(=O)NCCNc2cc(N3CCCC3)ncn2)c1. The van der Waals surface area contributed by atoms with Crippen molar-refractivity contribution < 1.29 is 4.79 Å². The third-order valence-corrected chi connectivity index (χ3v) is 4.08. The molecule has 3 N–H and O–H groups in total. The molecule has 7 heteroatoms. The van der Waals surface area contributed by atoms with Crippen LogP contribution in [0.4, 0.5) is 22.1 Å². The van der Waals surface area contributed by atoms with Crippen LogP contribution in [0.5, 0.6) is 0 Å². The molecule has 1 saturated heterocycles. The molecule has 0 bridgehead atoms. The smallest absolute Gasteiger partial charge is 0.319 e. The average molecular weight is 340 g/mol. The lowest BCUT2D eigenvalue weighted by Crippen LogP contribution is -2.32. The summed E-state index contributed by atoms with van der Waals surface area (Å²) in [6.45, 7) is 5.19. The lowest BCUT2D eigenvalue weighted by atomic mass is 10.2. The van der Waals surface area contributed by atoms with Gasteiger partial charge in [-0.3, -0.25) is 0 Å². The highest BCUT2D eigenvalue weighted by molar-refractivity contribution is 5.89. The summed E-state index contributed by atoms with van der Waals surface area (Å²) in [6, 6.07) is 9.44. The number of aryl methyl sites for hydroxylation is 1. The number of nitrogens with zero attached hydrogens (tertiary/aromatic N) is 3. The summed E-state index contributed by atoms with van der Waals surface area (Å²) in [6.07, 6.45) is 4.01. The van der Waals surface area contributed by atoms with Crippen molar-refractivity contribution in [3.05, 3.63) is 42.2 Å². The fourth-order valence-corrected chi connectivity index (χ4v) is 2.83. The molecule has 132 valence electrons. The molecule has 0 atom stereocenters. The van der Waals surface area contributed by atoms with Gasteiger partial charge in [0.1, 0.15) is 18.0 Å². The van der Waals surface area contributed by atoms with E-state index in [1.165, 1.54) is 12.8 Å². The predicted octanol–water partition coefficient (Wildman–Crippen LogP) is 2.62. The highest BCUT2D eigenvalue weighted by Crippen LogP contribution is 2.19. The number of amides is 2. The molecule has 7 nitrogen and oxygen atoms in total. The molecule has 0 aliphatic carbocycles. The number of hydrogen-bond acceptors (Lipinski definition) is 5. The van der Waals surface area contributed by atoms with Crippen LogP contribution < -0.4 is 20.9 Å². The predicted molar refractivity (Wildman–Crippen MR) is 100 cm³/mol. The van der Waals surface area contributed by atoms with Crippen LogP contribution in [-0.2, 0) is 0 Å². The molecular weight excluding hydrogens is 316 g/mol. The molecule has 2 amide bonds. The Morgan fingerprint density at radius 2 is 2.00 bits per heavy atom. The third kappa shape index (κ3) is 5.07. The minimum absolute atomic E-state index is 0.215. The van der Waals surface area contributed by atoms with E-state index >= 15 is 0 Å². The molecule has 0 saturated carbocycles. The molecule has 1 aliphatic rings. The maximum Gasteiger partial charge on any atom is 0.319 e. The van der Waals surface area contributed by atoms with Crippen LogP contribution in [0.15, 0.2) is 36.7 Å². The van der Waals surface area contributed by atoms with Gasteiger partial charge in [-0.05, 0) is 37.5 Å². The monoisotopic (exact) mass is 340 g/mol. The van der Waals surface area contributed by atoms with Gasteiger partial charge >= 0.3 is 6.03 Å². The van der Waals surface area contributed by atoms with E-state index in [1.54, 1.807) is 6.33 Å². The molecule has 1 aromatic carbocycles.